The second-order valence-corrected chi connectivity index (χ2v) is 5.04. The lowest BCUT2D eigenvalue weighted by Crippen LogP contribution is -2.14. The second-order valence-electron chi connectivity index (χ2n) is 4.66. The molecule has 4 nitrogen and oxygen atoms in total. The van der Waals surface area contributed by atoms with Crippen LogP contribution in [0.15, 0.2) is 22.8 Å². The molecule has 1 atom stereocenters. The smallest absolute Gasteiger partial charge is 0.103 e. The highest BCUT2D eigenvalue weighted by atomic mass is 35.5. The van der Waals surface area contributed by atoms with E-state index in [0.717, 1.165) is 30.0 Å². The van der Waals surface area contributed by atoms with E-state index in [2.05, 4.69) is 5.10 Å². The first-order chi connectivity index (χ1) is 9.11. The molecule has 2 heterocycles. The van der Waals surface area contributed by atoms with Gasteiger partial charge in [-0.1, -0.05) is 18.5 Å². The van der Waals surface area contributed by atoms with E-state index in [1.54, 1.807) is 10.9 Å². The maximum absolute atomic E-state index is 10.1. The Labute approximate surface area is 118 Å². The lowest BCUT2D eigenvalue weighted by molar-refractivity contribution is 0.160. The molecule has 0 amide bonds. The van der Waals surface area contributed by atoms with Crippen LogP contribution < -0.4 is 0 Å². The van der Waals surface area contributed by atoms with E-state index in [-0.39, 0.29) is 0 Å². The quantitative estimate of drug-likeness (QED) is 0.886. The van der Waals surface area contributed by atoms with Gasteiger partial charge in [0.05, 0.1) is 28.8 Å². The number of hydrogen-bond acceptors (Lipinski definition) is 3. The molecule has 0 radical (unpaired) electrons. The van der Waals surface area contributed by atoms with Crippen LogP contribution in [0, 0.1) is 0 Å². The predicted molar refractivity (Wildman–Crippen MR) is 74.3 cm³/mol. The second kappa shape index (κ2) is 6.26. The lowest BCUT2D eigenvalue weighted by Gasteiger charge is -2.10. The van der Waals surface area contributed by atoms with Crippen LogP contribution in [-0.2, 0) is 26.3 Å². The standard InChI is InChI=1S/C14H19ClN2O2/c1-3-12-14(15)13(17(2)16-12)9-10(18)6-7-11-5-4-8-19-11/h4-5,8,10,18H,3,6-7,9H2,1-2H3. The number of rotatable bonds is 6. The molecule has 2 aromatic heterocycles. The topological polar surface area (TPSA) is 51.2 Å². The van der Waals surface area contributed by atoms with E-state index in [4.69, 9.17) is 16.0 Å². The van der Waals surface area contributed by atoms with Crippen LogP contribution in [0.25, 0.3) is 0 Å². The molecule has 5 heteroatoms. The first-order valence-corrected chi connectivity index (χ1v) is 6.90. The minimum Gasteiger partial charge on any atom is -0.469 e. The Hall–Kier alpha value is -1.26. The van der Waals surface area contributed by atoms with E-state index in [0.29, 0.717) is 17.9 Å². The van der Waals surface area contributed by atoms with Gasteiger partial charge in [0.2, 0.25) is 0 Å². The first kappa shape index (κ1) is 14.2. The van der Waals surface area contributed by atoms with Gasteiger partial charge < -0.3 is 9.52 Å². The SMILES string of the molecule is CCc1nn(C)c(CC(O)CCc2ccco2)c1Cl. The Morgan fingerprint density at radius 2 is 2.32 bits per heavy atom. The molecular weight excluding hydrogens is 264 g/mol. The van der Waals surface area contributed by atoms with Crippen molar-refractivity contribution in [2.24, 2.45) is 7.05 Å². The first-order valence-electron chi connectivity index (χ1n) is 6.52. The summed E-state index contributed by atoms with van der Waals surface area (Å²) in [6.45, 7) is 2.02. The van der Waals surface area contributed by atoms with Crippen LogP contribution in [0.4, 0.5) is 0 Å². The van der Waals surface area contributed by atoms with Gasteiger partial charge in [-0.15, -0.1) is 0 Å². The molecule has 0 aliphatic rings. The predicted octanol–water partition coefficient (Wildman–Crippen LogP) is 2.77. The number of furan rings is 1. The molecule has 0 aromatic carbocycles. The van der Waals surface area contributed by atoms with Crippen LogP contribution in [0.3, 0.4) is 0 Å². The molecule has 19 heavy (non-hydrogen) atoms. The third kappa shape index (κ3) is 3.39. The third-order valence-corrected chi connectivity index (χ3v) is 3.67. The van der Waals surface area contributed by atoms with Crippen LogP contribution in [0.5, 0.6) is 0 Å². The molecule has 104 valence electrons. The Balaban J connectivity index is 1.95. The highest BCUT2D eigenvalue weighted by Gasteiger charge is 2.16. The summed E-state index contributed by atoms with van der Waals surface area (Å²) in [4.78, 5) is 0. The highest BCUT2D eigenvalue weighted by Crippen LogP contribution is 2.23. The largest absolute Gasteiger partial charge is 0.469 e. The van der Waals surface area contributed by atoms with Crippen molar-refractivity contribution >= 4 is 11.6 Å². The zero-order valence-corrected chi connectivity index (χ0v) is 12.0. The lowest BCUT2D eigenvalue weighted by atomic mass is 10.1. The normalized spacial score (nSPS) is 12.8. The van der Waals surface area contributed by atoms with Gasteiger partial charge in [0.1, 0.15) is 5.76 Å². The zero-order chi connectivity index (χ0) is 13.8. The Morgan fingerprint density at radius 3 is 2.89 bits per heavy atom. The summed E-state index contributed by atoms with van der Waals surface area (Å²) in [5.74, 6) is 0.893. The fourth-order valence-corrected chi connectivity index (χ4v) is 2.50. The van der Waals surface area contributed by atoms with Crippen molar-refractivity contribution in [3.05, 3.63) is 40.6 Å². The maximum atomic E-state index is 10.1. The van der Waals surface area contributed by atoms with Crippen molar-refractivity contribution in [1.29, 1.82) is 0 Å². The zero-order valence-electron chi connectivity index (χ0n) is 11.3. The summed E-state index contributed by atoms with van der Waals surface area (Å²) in [5.41, 5.74) is 1.78. The molecule has 2 rings (SSSR count). The fraction of sp³-hybridized carbons (Fsp3) is 0.500. The van der Waals surface area contributed by atoms with Gasteiger partial charge in [-0.25, -0.2) is 0 Å². The minimum absolute atomic E-state index is 0.442. The Bertz CT molecular complexity index is 520. The summed E-state index contributed by atoms with van der Waals surface area (Å²) < 4.78 is 7.01. The maximum Gasteiger partial charge on any atom is 0.103 e. The number of aromatic nitrogens is 2. The van der Waals surface area contributed by atoms with E-state index in [1.165, 1.54) is 0 Å². The van der Waals surface area contributed by atoms with Gasteiger partial charge >= 0.3 is 0 Å². The summed E-state index contributed by atoms with van der Waals surface area (Å²) in [5, 5.41) is 15.1. The van der Waals surface area contributed by atoms with Gasteiger partial charge in [-0.2, -0.15) is 5.10 Å². The van der Waals surface area contributed by atoms with Crippen molar-refractivity contribution in [1.82, 2.24) is 9.78 Å². The molecule has 1 N–H and O–H groups in total. The number of nitrogens with zero attached hydrogens (tertiary/aromatic N) is 2. The Morgan fingerprint density at radius 1 is 1.53 bits per heavy atom. The molecule has 0 saturated carbocycles. The number of aryl methyl sites for hydroxylation is 3. The van der Waals surface area contributed by atoms with E-state index >= 15 is 0 Å². The van der Waals surface area contributed by atoms with Crippen molar-refractivity contribution in [2.75, 3.05) is 0 Å². The average Bonchev–Trinajstić information content (AvgIpc) is 2.99. The number of aliphatic hydroxyl groups is 1. The molecule has 0 fully saturated rings. The molecule has 0 spiro atoms. The van der Waals surface area contributed by atoms with Gasteiger partial charge in [0.15, 0.2) is 0 Å². The molecule has 2 aromatic rings. The van der Waals surface area contributed by atoms with Crippen LogP contribution >= 0.6 is 11.6 Å². The fourth-order valence-electron chi connectivity index (χ4n) is 2.13. The number of halogens is 1. The van der Waals surface area contributed by atoms with Gasteiger partial charge in [0, 0.05) is 19.9 Å². The van der Waals surface area contributed by atoms with Crippen molar-refractivity contribution in [2.45, 2.75) is 38.7 Å². The summed E-state index contributed by atoms with van der Waals surface area (Å²) in [7, 11) is 1.86. The third-order valence-electron chi connectivity index (χ3n) is 3.24. The molecule has 1 unspecified atom stereocenters. The van der Waals surface area contributed by atoms with Gasteiger partial charge in [-0.3, -0.25) is 4.68 Å². The number of aliphatic hydroxyl groups excluding tert-OH is 1. The molecule has 0 saturated heterocycles. The van der Waals surface area contributed by atoms with Crippen LogP contribution in [0.1, 0.15) is 30.5 Å². The van der Waals surface area contributed by atoms with E-state index in [1.807, 2.05) is 26.1 Å². The summed E-state index contributed by atoms with van der Waals surface area (Å²) in [6.07, 6.45) is 3.90. The monoisotopic (exact) mass is 282 g/mol. The molecular formula is C14H19ClN2O2. The molecule has 0 aliphatic heterocycles. The van der Waals surface area contributed by atoms with E-state index < -0.39 is 6.10 Å². The van der Waals surface area contributed by atoms with Crippen molar-refractivity contribution in [3.63, 3.8) is 0 Å². The summed E-state index contributed by atoms with van der Waals surface area (Å²) >= 11 is 6.26. The van der Waals surface area contributed by atoms with Gasteiger partial charge in [-0.05, 0) is 25.0 Å². The Kier molecular flexibility index (Phi) is 4.66. The molecule has 0 aliphatic carbocycles. The van der Waals surface area contributed by atoms with E-state index in [9.17, 15) is 5.11 Å². The van der Waals surface area contributed by atoms with Crippen LogP contribution in [-0.4, -0.2) is 21.0 Å². The van der Waals surface area contributed by atoms with Crippen LogP contribution in [0.2, 0.25) is 5.02 Å². The number of hydrogen-bond donors (Lipinski definition) is 1. The minimum atomic E-state index is -0.442. The van der Waals surface area contributed by atoms with Crippen molar-refractivity contribution in [3.8, 4) is 0 Å². The van der Waals surface area contributed by atoms with Crippen molar-refractivity contribution < 1.29 is 9.52 Å². The van der Waals surface area contributed by atoms with Gasteiger partial charge in [0.25, 0.3) is 0 Å². The average molecular weight is 283 g/mol. The molecule has 0 bridgehead atoms. The highest BCUT2D eigenvalue weighted by molar-refractivity contribution is 6.31. The summed E-state index contributed by atoms with van der Waals surface area (Å²) in [6, 6.07) is 3.77.